The van der Waals surface area contributed by atoms with Crippen molar-refractivity contribution in [3.05, 3.63) is 43.1 Å². The summed E-state index contributed by atoms with van der Waals surface area (Å²) in [7, 11) is 0. The van der Waals surface area contributed by atoms with Gasteiger partial charge in [-0.3, -0.25) is 0 Å². The molecule has 0 atom stereocenters. The van der Waals surface area contributed by atoms with E-state index in [9.17, 15) is 0 Å². The number of nitrogens with zero attached hydrogens (tertiary/aromatic N) is 7. The van der Waals surface area contributed by atoms with E-state index < -0.39 is 0 Å². The Labute approximate surface area is 158 Å². The van der Waals surface area contributed by atoms with Gasteiger partial charge in [0.05, 0.1) is 0 Å². The maximum Gasteiger partial charge on any atom is 4.00 e. The standard InChI is InChI=1S/3Cr.7N.3Ti/q3*+3;7*-3;3*+4. The molecule has 0 rings (SSSR count). The van der Waals surface area contributed by atoms with E-state index in [-0.39, 0.29) is 160 Å². The second-order valence-electron chi connectivity index (χ2n) is 0. The summed E-state index contributed by atoms with van der Waals surface area (Å²) < 4.78 is 0. The fraction of sp³-hybridized carbons (Fsp3) is 0. The summed E-state index contributed by atoms with van der Waals surface area (Å²) in [5.74, 6) is 0. The van der Waals surface area contributed by atoms with E-state index in [1.807, 2.05) is 0 Å². The quantitative estimate of drug-likeness (QED) is 0.536. The van der Waals surface area contributed by atoms with Crippen molar-refractivity contribution in [2.24, 2.45) is 0 Å². The molecule has 0 aliphatic rings. The Balaban J connectivity index is 0. The average molecular weight is 398 g/mol. The van der Waals surface area contributed by atoms with E-state index in [2.05, 4.69) is 0 Å². The molecule has 0 spiro atoms. The molecular formula is Cr3N7Ti3. The van der Waals surface area contributed by atoms with Gasteiger partial charge in [0, 0.05) is 0 Å². The normalized spacial score (nSPS) is 0. The van der Waals surface area contributed by atoms with Crippen LogP contribution in [0.5, 0.6) is 0 Å². The molecule has 0 aromatic rings. The summed E-state index contributed by atoms with van der Waals surface area (Å²) in [5, 5.41) is 0. The molecule has 0 amide bonds. The van der Waals surface area contributed by atoms with Gasteiger partial charge in [-0.15, -0.1) is 0 Å². The molecule has 0 heterocycles. The van der Waals surface area contributed by atoms with Crippen LogP contribution in [0.4, 0.5) is 0 Å². The van der Waals surface area contributed by atoms with Gasteiger partial charge in [0.2, 0.25) is 0 Å². The van der Waals surface area contributed by atoms with Crippen molar-refractivity contribution in [3.8, 4) is 0 Å². The molecular weight excluding hydrogens is 398 g/mol. The molecule has 13 heavy (non-hydrogen) atoms. The monoisotopic (exact) mass is 398 g/mol. The largest absolute Gasteiger partial charge is 4.00 e. The fourth-order valence-electron chi connectivity index (χ4n) is 0. The van der Waals surface area contributed by atoms with Gasteiger partial charge in [-0.05, 0) is 0 Å². The van der Waals surface area contributed by atoms with E-state index in [1.54, 1.807) is 0 Å². The van der Waals surface area contributed by atoms with Gasteiger partial charge in [0.1, 0.15) is 0 Å². The first-order valence-corrected chi connectivity index (χ1v) is 0. The first-order valence-electron chi connectivity index (χ1n) is 0. The van der Waals surface area contributed by atoms with Gasteiger partial charge < -0.3 is 43.1 Å². The number of rotatable bonds is 0. The first kappa shape index (κ1) is 329. The van der Waals surface area contributed by atoms with Crippen LogP contribution in [0.15, 0.2) is 0 Å². The predicted octanol–water partition coefficient (Wildman–Crippen LogP) is 2.01. The second kappa shape index (κ2) is 270. The zero-order valence-electron chi connectivity index (χ0n) is 5.86. The van der Waals surface area contributed by atoms with Crippen LogP contribution in [-0.2, 0) is 117 Å². The van der Waals surface area contributed by atoms with E-state index >= 15 is 0 Å². The SMILES string of the molecule is [Cr+3].[Cr+3].[Cr+3].[N-3].[N-3].[N-3].[N-3].[N-3].[N-3].[N-3].[Ti+4].[Ti+4].[Ti+4]. The number of hydrogen-bond acceptors (Lipinski definition) is 0. The molecule has 3 radical (unpaired) electrons. The van der Waals surface area contributed by atoms with E-state index in [0.29, 0.717) is 0 Å². The Morgan fingerprint density at radius 2 is 0.231 bits per heavy atom. The van der Waals surface area contributed by atoms with Crippen molar-refractivity contribution in [1.82, 2.24) is 0 Å². The summed E-state index contributed by atoms with van der Waals surface area (Å²) in [6, 6.07) is 0. The molecule has 0 aromatic heterocycles. The van der Waals surface area contributed by atoms with Crippen LogP contribution >= 0.6 is 0 Å². The maximum atomic E-state index is 0. The molecule has 0 bridgehead atoms. The van der Waals surface area contributed by atoms with Crippen molar-refractivity contribution >= 4 is 0 Å². The first-order chi connectivity index (χ1) is 0. The minimum atomic E-state index is 0. The Morgan fingerprint density at radius 3 is 0.231 bits per heavy atom. The van der Waals surface area contributed by atoms with E-state index in [0.717, 1.165) is 0 Å². The van der Waals surface area contributed by atoms with E-state index in [1.165, 1.54) is 0 Å². The van der Waals surface area contributed by atoms with Crippen molar-refractivity contribution in [3.63, 3.8) is 0 Å². The molecule has 0 N–H and O–H groups in total. The summed E-state index contributed by atoms with van der Waals surface area (Å²) in [6.07, 6.45) is 0. The summed E-state index contributed by atoms with van der Waals surface area (Å²) >= 11 is 0. The molecule has 0 aliphatic heterocycles. The van der Waals surface area contributed by atoms with Crippen LogP contribution in [0.2, 0.25) is 0 Å². The minimum absolute atomic E-state index is 0. The van der Waals surface area contributed by atoms with Crippen LogP contribution in [0.1, 0.15) is 0 Å². The van der Waals surface area contributed by atoms with E-state index in [4.69, 9.17) is 0 Å². The Kier molecular flexibility index (Phi) is 6820. The topological polar surface area (TPSA) is 214 Å². The molecule has 0 saturated carbocycles. The summed E-state index contributed by atoms with van der Waals surface area (Å²) in [6.45, 7) is 0. The van der Waals surface area contributed by atoms with Gasteiger partial charge in [0.15, 0.2) is 0 Å². The van der Waals surface area contributed by atoms with Crippen LogP contribution in [0.3, 0.4) is 0 Å². The Bertz CT molecular complexity index is 18.9. The van der Waals surface area contributed by atoms with Gasteiger partial charge >= 0.3 is 117 Å². The van der Waals surface area contributed by atoms with Crippen molar-refractivity contribution < 1.29 is 117 Å². The zero-order valence-corrected chi connectivity index (χ0v) is 14.4. The minimum Gasteiger partial charge on any atom is -3.00 e. The molecule has 0 saturated heterocycles. The van der Waals surface area contributed by atoms with Gasteiger partial charge in [0.25, 0.3) is 0 Å². The summed E-state index contributed by atoms with van der Waals surface area (Å²) in [5.41, 5.74) is 0. The predicted molar refractivity (Wildman–Crippen MR) is 23.5 cm³/mol. The molecule has 13 heteroatoms. The van der Waals surface area contributed by atoms with Gasteiger partial charge in [-0.2, -0.15) is 0 Å². The molecule has 65 valence electrons. The molecule has 0 fully saturated rings. The third-order valence-electron chi connectivity index (χ3n) is 0. The smallest absolute Gasteiger partial charge is 3.00 e. The van der Waals surface area contributed by atoms with Crippen LogP contribution < -0.4 is 0 Å². The maximum absolute atomic E-state index is 0. The van der Waals surface area contributed by atoms with Crippen molar-refractivity contribution in [2.75, 3.05) is 0 Å². The van der Waals surface area contributed by atoms with Gasteiger partial charge in [-0.25, -0.2) is 0 Å². The van der Waals surface area contributed by atoms with Gasteiger partial charge in [-0.1, -0.05) is 0 Å². The Morgan fingerprint density at radius 1 is 0.231 bits per heavy atom. The molecule has 0 aliphatic carbocycles. The second-order valence-corrected chi connectivity index (χ2v) is 0. The fourth-order valence-corrected chi connectivity index (χ4v) is 0. The van der Waals surface area contributed by atoms with Crippen LogP contribution in [-0.4, -0.2) is 0 Å². The van der Waals surface area contributed by atoms with Crippen molar-refractivity contribution in [1.29, 1.82) is 0 Å². The third-order valence-corrected chi connectivity index (χ3v) is 0. The average Bonchev–Trinajstić information content (AvgIpc) is 0. The zero-order chi connectivity index (χ0) is 0. The molecule has 7 nitrogen and oxygen atoms in total. The Hall–Kier alpha value is 3.46. The van der Waals surface area contributed by atoms with Crippen LogP contribution in [0, 0.1) is 0 Å². The molecule has 0 unspecified atom stereocenters. The van der Waals surface area contributed by atoms with Crippen molar-refractivity contribution in [2.45, 2.75) is 0 Å². The third kappa shape index (κ3) is 234. The summed E-state index contributed by atoms with van der Waals surface area (Å²) in [4.78, 5) is 0. The molecule has 0 aromatic carbocycles. The van der Waals surface area contributed by atoms with Crippen LogP contribution in [0.25, 0.3) is 43.1 Å². The number of hydrogen-bond donors (Lipinski definition) is 0.